The van der Waals surface area contributed by atoms with Crippen molar-refractivity contribution in [2.45, 2.75) is 20.8 Å². The highest BCUT2D eigenvalue weighted by atomic mass is 32.1. The van der Waals surface area contributed by atoms with E-state index in [1.165, 1.54) is 32.5 Å². The molecule has 4 rings (SSSR count). The van der Waals surface area contributed by atoms with Gasteiger partial charge >= 0.3 is 0 Å². The number of aromatic nitrogens is 2. The summed E-state index contributed by atoms with van der Waals surface area (Å²) >= 11 is 1.75. The maximum absolute atomic E-state index is 4.62. The van der Waals surface area contributed by atoms with Crippen LogP contribution in [0.3, 0.4) is 0 Å². The Labute approximate surface area is 146 Å². The topological polar surface area (TPSA) is 25.8 Å². The van der Waals surface area contributed by atoms with E-state index in [9.17, 15) is 0 Å². The second kappa shape index (κ2) is 7.37. The van der Waals surface area contributed by atoms with E-state index in [4.69, 9.17) is 0 Å². The van der Waals surface area contributed by atoms with Crippen LogP contribution < -0.4 is 0 Å². The summed E-state index contributed by atoms with van der Waals surface area (Å²) < 4.78 is 1.22. The van der Waals surface area contributed by atoms with Gasteiger partial charge in [-0.25, -0.2) is 0 Å². The molecule has 0 bridgehead atoms. The van der Waals surface area contributed by atoms with E-state index in [-0.39, 0.29) is 0 Å². The van der Waals surface area contributed by atoms with E-state index in [1.54, 1.807) is 11.3 Å². The van der Waals surface area contributed by atoms with Crippen LogP contribution in [0.1, 0.15) is 19.4 Å². The Kier molecular flexibility index (Phi) is 5.02. The third-order valence-corrected chi connectivity index (χ3v) is 4.87. The molecule has 0 unspecified atom stereocenters. The molecule has 0 amide bonds. The van der Waals surface area contributed by atoms with Crippen molar-refractivity contribution >= 4 is 21.6 Å². The molecule has 0 radical (unpaired) electrons. The molecule has 0 atom stereocenters. The van der Waals surface area contributed by atoms with Crippen LogP contribution in [0.4, 0.5) is 0 Å². The van der Waals surface area contributed by atoms with Gasteiger partial charge in [-0.3, -0.25) is 9.97 Å². The van der Waals surface area contributed by atoms with E-state index in [0.717, 1.165) is 5.52 Å². The first-order chi connectivity index (χ1) is 11.8. The molecule has 0 N–H and O–H groups in total. The summed E-state index contributed by atoms with van der Waals surface area (Å²) in [6.45, 7) is 6.12. The molecule has 0 saturated carbocycles. The lowest BCUT2D eigenvalue weighted by Crippen LogP contribution is -1.86. The molecule has 3 heterocycles. The van der Waals surface area contributed by atoms with Gasteiger partial charge in [-0.2, -0.15) is 0 Å². The predicted octanol–water partition coefficient (Wildman–Crippen LogP) is 6.36. The largest absolute Gasteiger partial charge is 0.264 e. The van der Waals surface area contributed by atoms with Crippen molar-refractivity contribution in [3.05, 3.63) is 72.0 Å². The van der Waals surface area contributed by atoms with E-state index in [0.29, 0.717) is 0 Å². The van der Waals surface area contributed by atoms with Crippen LogP contribution in [0.15, 0.2) is 66.4 Å². The Balaban J connectivity index is 0.000000815. The molecular weight excluding hydrogens is 312 g/mol. The standard InChI is InChI=1S/C19H14N2S.C2H6/c1-13-7-9-20-11-16(13)15-8-10-21-18-17(12-22-19(15)18)14-5-3-2-4-6-14;1-2/h2-12H,1H3;1-2H3. The van der Waals surface area contributed by atoms with Crippen molar-refractivity contribution in [2.75, 3.05) is 0 Å². The summed E-state index contributed by atoms with van der Waals surface area (Å²) in [7, 11) is 0. The Morgan fingerprint density at radius 2 is 1.62 bits per heavy atom. The fourth-order valence-electron chi connectivity index (χ4n) is 2.71. The van der Waals surface area contributed by atoms with Crippen LogP contribution in [0.2, 0.25) is 0 Å². The molecule has 3 aromatic heterocycles. The third-order valence-electron chi connectivity index (χ3n) is 3.87. The first kappa shape index (κ1) is 16.3. The minimum Gasteiger partial charge on any atom is -0.264 e. The Bertz CT molecular complexity index is 942. The van der Waals surface area contributed by atoms with Gasteiger partial charge in [0.25, 0.3) is 0 Å². The predicted molar refractivity (Wildman–Crippen MR) is 104 cm³/mol. The van der Waals surface area contributed by atoms with Crippen molar-refractivity contribution < 1.29 is 0 Å². The highest BCUT2D eigenvalue weighted by Crippen LogP contribution is 2.38. The number of aryl methyl sites for hydroxylation is 1. The Hall–Kier alpha value is -2.52. The summed E-state index contributed by atoms with van der Waals surface area (Å²) in [6, 6.07) is 14.6. The van der Waals surface area contributed by atoms with E-state index in [2.05, 4.69) is 52.6 Å². The van der Waals surface area contributed by atoms with E-state index < -0.39 is 0 Å². The number of nitrogens with zero attached hydrogens (tertiary/aromatic N) is 2. The zero-order valence-electron chi connectivity index (χ0n) is 14.2. The molecule has 0 saturated heterocycles. The number of rotatable bonds is 2. The van der Waals surface area contributed by atoms with Crippen LogP contribution in [-0.2, 0) is 0 Å². The lowest BCUT2D eigenvalue weighted by atomic mass is 10.0. The smallest absolute Gasteiger partial charge is 0.0894 e. The van der Waals surface area contributed by atoms with Gasteiger partial charge in [0.05, 0.1) is 10.2 Å². The second-order valence-corrected chi connectivity index (χ2v) is 6.12. The van der Waals surface area contributed by atoms with E-state index in [1.807, 2.05) is 44.6 Å². The SMILES string of the molecule is CC.Cc1ccncc1-c1ccnc2c(-c3ccccc3)csc12. The van der Waals surface area contributed by atoms with Crippen molar-refractivity contribution in [2.24, 2.45) is 0 Å². The third kappa shape index (κ3) is 2.95. The average Bonchev–Trinajstić information content (AvgIpc) is 3.09. The van der Waals surface area contributed by atoms with Crippen molar-refractivity contribution in [1.29, 1.82) is 0 Å². The van der Waals surface area contributed by atoms with Gasteiger partial charge < -0.3 is 0 Å². The maximum Gasteiger partial charge on any atom is 0.0894 e. The number of pyridine rings is 2. The minimum absolute atomic E-state index is 1.07. The number of thiophene rings is 1. The first-order valence-electron chi connectivity index (χ1n) is 8.17. The summed E-state index contributed by atoms with van der Waals surface area (Å²) in [4.78, 5) is 8.90. The summed E-state index contributed by atoms with van der Waals surface area (Å²) in [6.07, 6.45) is 5.66. The Morgan fingerprint density at radius 3 is 2.38 bits per heavy atom. The van der Waals surface area contributed by atoms with Crippen LogP contribution >= 0.6 is 11.3 Å². The fraction of sp³-hybridized carbons (Fsp3) is 0.143. The molecule has 24 heavy (non-hydrogen) atoms. The zero-order chi connectivity index (χ0) is 16.9. The number of hydrogen-bond acceptors (Lipinski definition) is 3. The fourth-order valence-corrected chi connectivity index (χ4v) is 3.78. The molecule has 0 fully saturated rings. The van der Waals surface area contributed by atoms with Gasteiger partial charge in [0.2, 0.25) is 0 Å². The summed E-state index contributed by atoms with van der Waals surface area (Å²) in [5.74, 6) is 0. The maximum atomic E-state index is 4.62. The molecule has 2 nitrogen and oxygen atoms in total. The molecule has 0 aliphatic rings. The number of fused-ring (bicyclic) bond motifs is 1. The van der Waals surface area contributed by atoms with Crippen LogP contribution in [-0.4, -0.2) is 9.97 Å². The molecular formula is C21H20N2S. The average molecular weight is 332 g/mol. The molecule has 1 aromatic carbocycles. The molecule has 0 spiro atoms. The van der Waals surface area contributed by atoms with Gasteiger partial charge in [0.1, 0.15) is 0 Å². The molecule has 120 valence electrons. The second-order valence-electron chi connectivity index (χ2n) is 5.24. The Morgan fingerprint density at radius 1 is 0.833 bits per heavy atom. The van der Waals surface area contributed by atoms with Crippen LogP contribution in [0.5, 0.6) is 0 Å². The molecule has 3 heteroatoms. The summed E-state index contributed by atoms with van der Waals surface area (Å²) in [5, 5.41) is 2.20. The minimum atomic E-state index is 1.07. The van der Waals surface area contributed by atoms with Crippen LogP contribution in [0.25, 0.3) is 32.5 Å². The van der Waals surface area contributed by atoms with Gasteiger partial charge in [0, 0.05) is 40.7 Å². The lowest BCUT2D eigenvalue weighted by Gasteiger charge is -2.06. The number of hydrogen-bond donors (Lipinski definition) is 0. The zero-order valence-corrected chi connectivity index (χ0v) is 15.0. The molecule has 0 aliphatic heterocycles. The highest BCUT2D eigenvalue weighted by Gasteiger charge is 2.13. The van der Waals surface area contributed by atoms with Crippen molar-refractivity contribution in [1.82, 2.24) is 9.97 Å². The first-order valence-corrected chi connectivity index (χ1v) is 9.05. The highest BCUT2D eigenvalue weighted by molar-refractivity contribution is 7.18. The van der Waals surface area contributed by atoms with Crippen molar-refractivity contribution in [3.8, 4) is 22.3 Å². The van der Waals surface area contributed by atoms with Gasteiger partial charge in [-0.1, -0.05) is 44.2 Å². The lowest BCUT2D eigenvalue weighted by molar-refractivity contribution is 1.29. The normalized spacial score (nSPS) is 10.3. The van der Waals surface area contributed by atoms with Crippen molar-refractivity contribution in [3.63, 3.8) is 0 Å². The van der Waals surface area contributed by atoms with Gasteiger partial charge in [-0.15, -0.1) is 11.3 Å². The monoisotopic (exact) mass is 332 g/mol. The van der Waals surface area contributed by atoms with Gasteiger partial charge in [0.15, 0.2) is 0 Å². The van der Waals surface area contributed by atoms with E-state index >= 15 is 0 Å². The molecule has 4 aromatic rings. The molecule has 0 aliphatic carbocycles. The quantitative estimate of drug-likeness (QED) is 0.427. The van der Waals surface area contributed by atoms with Gasteiger partial charge in [-0.05, 0) is 30.2 Å². The number of benzene rings is 1. The summed E-state index contributed by atoms with van der Waals surface area (Å²) in [5.41, 5.74) is 7.10. The van der Waals surface area contributed by atoms with Crippen LogP contribution in [0, 0.1) is 6.92 Å².